The Morgan fingerprint density at radius 2 is 1.75 bits per heavy atom. The summed E-state index contributed by atoms with van der Waals surface area (Å²) in [6.07, 6.45) is 0. The number of anilines is 2. The molecule has 2 rings (SSSR count). The van der Waals surface area contributed by atoms with Gasteiger partial charge in [-0.3, -0.25) is 4.55 Å². The van der Waals surface area contributed by atoms with Crippen LogP contribution >= 0.6 is 0 Å². The van der Waals surface area contributed by atoms with Crippen molar-refractivity contribution < 1.29 is 13.0 Å². The van der Waals surface area contributed by atoms with E-state index >= 15 is 0 Å². The van der Waals surface area contributed by atoms with Crippen molar-refractivity contribution in [1.82, 2.24) is 9.97 Å². The largest absolute Gasteiger partial charge is 0.382 e. The molecule has 1 heterocycles. The molecule has 0 fully saturated rings. The Morgan fingerprint density at radius 1 is 1.15 bits per heavy atom. The molecule has 5 N–H and O–H groups in total. The van der Waals surface area contributed by atoms with Crippen molar-refractivity contribution in [3.8, 4) is 17.3 Å². The molecule has 0 amide bonds. The zero-order valence-corrected chi connectivity index (χ0v) is 10.8. The van der Waals surface area contributed by atoms with E-state index in [9.17, 15) is 8.42 Å². The molecule has 0 aliphatic carbocycles. The first-order valence-electron chi connectivity index (χ1n) is 5.24. The molecule has 0 unspecified atom stereocenters. The average Bonchev–Trinajstić information content (AvgIpc) is 2.37. The first-order chi connectivity index (χ1) is 9.32. The summed E-state index contributed by atoms with van der Waals surface area (Å²) < 4.78 is 30.8. The Labute approximate surface area is 114 Å². The van der Waals surface area contributed by atoms with Gasteiger partial charge in [0.15, 0.2) is 0 Å². The Bertz CT molecular complexity index is 809. The van der Waals surface area contributed by atoms with Crippen LogP contribution in [-0.2, 0) is 10.1 Å². The van der Waals surface area contributed by atoms with Gasteiger partial charge >= 0.3 is 0 Å². The van der Waals surface area contributed by atoms with Crippen LogP contribution < -0.4 is 11.5 Å². The van der Waals surface area contributed by atoms with E-state index in [1.807, 2.05) is 6.07 Å². The average molecular weight is 291 g/mol. The Morgan fingerprint density at radius 3 is 2.25 bits per heavy atom. The van der Waals surface area contributed by atoms with Crippen LogP contribution in [0.1, 0.15) is 5.56 Å². The molecule has 1 aromatic heterocycles. The molecule has 102 valence electrons. The lowest BCUT2D eigenvalue weighted by atomic mass is 10.1. The predicted molar refractivity (Wildman–Crippen MR) is 70.8 cm³/mol. The number of benzene rings is 1. The first-order valence-corrected chi connectivity index (χ1v) is 6.68. The topological polar surface area (TPSA) is 156 Å². The lowest BCUT2D eigenvalue weighted by Gasteiger charge is -2.07. The molecule has 0 saturated carbocycles. The quantitative estimate of drug-likeness (QED) is 0.672. The minimum atomic E-state index is -4.28. The van der Waals surface area contributed by atoms with Crippen LogP contribution in [0.2, 0.25) is 0 Å². The summed E-state index contributed by atoms with van der Waals surface area (Å²) in [5.74, 6) is -0.163. The van der Waals surface area contributed by atoms with Crippen molar-refractivity contribution in [3.05, 3.63) is 29.8 Å². The normalized spacial score (nSPS) is 11.0. The maximum Gasteiger partial charge on any atom is 0.294 e. The molecule has 0 spiro atoms. The van der Waals surface area contributed by atoms with Gasteiger partial charge in [-0.25, -0.2) is 4.98 Å². The van der Waals surface area contributed by atoms with Crippen molar-refractivity contribution in [2.45, 2.75) is 4.90 Å². The van der Waals surface area contributed by atoms with Gasteiger partial charge in [-0.15, -0.1) is 0 Å². The molecule has 1 aromatic carbocycles. The van der Waals surface area contributed by atoms with E-state index in [0.717, 1.165) is 0 Å². The third-order valence-corrected chi connectivity index (χ3v) is 3.36. The summed E-state index contributed by atoms with van der Waals surface area (Å²) in [4.78, 5) is 7.32. The molecule has 8 nitrogen and oxygen atoms in total. The number of aromatic nitrogens is 2. The van der Waals surface area contributed by atoms with Crippen LogP contribution in [-0.4, -0.2) is 22.9 Å². The standard InChI is InChI=1S/C11H9N5O3S/c12-5-8-9(15-11(14)16-10(8)13)6-1-3-7(4-2-6)20(17,18)19/h1-4H,(H,17,18,19)(H4,13,14,15,16). The summed E-state index contributed by atoms with van der Waals surface area (Å²) in [5, 5.41) is 9.05. The molecule has 20 heavy (non-hydrogen) atoms. The second-order valence-electron chi connectivity index (χ2n) is 3.80. The smallest absolute Gasteiger partial charge is 0.294 e. The van der Waals surface area contributed by atoms with Gasteiger partial charge in [0.05, 0.1) is 10.6 Å². The van der Waals surface area contributed by atoms with E-state index in [1.54, 1.807) is 0 Å². The summed E-state index contributed by atoms with van der Waals surface area (Å²) >= 11 is 0. The number of nitrogens with two attached hydrogens (primary N) is 2. The van der Waals surface area contributed by atoms with Crippen LogP contribution in [0.4, 0.5) is 11.8 Å². The molecular weight excluding hydrogens is 282 g/mol. The fourth-order valence-corrected chi connectivity index (χ4v) is 2.08. The van der Waals surface area contributed by atoms with E-state index in [4.69, 9.17) is 21.3 Å². The molecule has 9 heteroatoms. The van der Waals surface area contributed by atoms with Gasteiger partial charge in [0.2, 0.25) is 5.95 Å². The number of nitrogens with zero attached hydrogens (tertiary/aromatic N) is 3. The Kier molecular flexibility index (Phi) is 3.27. The number of rotatable bonds is 2. The van der Waals surface area contributed by atoms with Crippen LogP contribution in [0.15, 0.2) is 29.2 Å². The Balaban J connectivity index is 2.61. The molecule has 0 saturated heterocycles. The fourth-order valence-electron chi connectivity index (χ4n) is 1.60. The predicted octanol–water partition coefficient (Wildman–Crippen LogP) is 0.426. The highest BCUT2D eigenvalue weighted by atomic mass is 32.2. The zero-order valence-electron chi connectivity index (χ0n) is 9.98. The van der Waals surface area contributed by atoms with Gasteiger partial charge in [0.1, 0.15) is 17.5 Å². The highest BCUT2D eigenvalue weighted by molar-refractivity contribution is 7.85. The fraction of sp³-hybridized carbons (Fsp3) is 0. The van der Waals surface area contributed by atoms with E-state index in [-0.39, 0.29) is 27.9 Å². The van der Waals surface area contributed by atoms with Crippen LogP contribution in [0, 0.1) is 11.3 Å². The maximum atomic E-state index is 10.9. The number of hydrogen-bond donors (Lipinski definition) is 3. The number of nitrogen functional groups attached to an aromatic ring is 2. The third-order valence-electron chi connectivity index (χ3n) is 2.49. The van der Waals surface area contributed by atoms with E-state index in [0.29, 0.717) is 5.56 Å². The van der Waals surface area contributed by atoms with E-state index in [2.05, 4.69) is 9.97 Å². The second-order valence-corrected chi connectivity index (χ2v) is 5.22. The highest BCUT2D eigenvalue weighted by Gasteiger charge is 2.14. The summed E-state index contributed by atoms with van der Waals surface area (Å²) in [5.41, 5.74) is 11.7. The van der Waals surface area contributed by atoms with Gasteiger partial charge in [-0.2, -0.15) is 18.7 Å². The summed E-state index contributed by atoms with van der Waals surface area (Å²) in [6.45, 7) is 0. The molecule has 0 aliphatic rings. The SMILES string of the molecule is N#Cc1c(N)nc(N)nc1-c1ccc(S(=O)(=O)O)cc1. The van der Waals surface area contributed by atoms with Crippen molar-refractivity contribution in [2.75, 3.05) is 11.5 Å². The molecular formula is C11H9N5O3S. The number of nitriles is 1. The van der Waals surface area contributed by atoms with Crippen molar-refractivity contribution in [3.63, 3.8) is 0 Å². The summed E-state index contributed by atoms with van der Waals surface area (Å²) in [7, 11) is -4.28. The summed E-state index contributed by atoms with van der Waals surface area (Å²) in [6, 6.07) is 6.98. The minimum Gasteiger partial charge on any atom is -0.382 e. The number of hydrogen-bond acceptors (Lipinski definition) is 7. The van der Waals surface area contributed by atoms with Crippen LogP contribution in [0.3, 0.4) is 0 Å². The molecule has 0 atom stereocenters. The van der Waals surface area contributed by atoms with E-state index in [1.165, 1.54) is 24.3 Å². The highest BCUT2D eigenvalue weighted by Crippen LogP contribution is 2.26. The monoisotopic (exact) mass is 291 g/mol. The van der Waals surface area contributed by atoms with Gasteiger partial charge in [0, 0.05) is 5.56 Å². The lowest BCUT2D eigenvalue weighted by molar-refractivity contribution is 0.483. The van der Waals surface area contributed by atoms with Crippen molar-refractivity contribution >= 4 is 21.9 Å². The van der Waals surface area contributed by atoms with E-state index < -0.39 is 10.1 Å². The van der Waals surface area contributed by atoms with Gasteiger partial charge in [-0.05, 0) is 12.1 Å². The second kappa shape index (κ2) is 4.76. The minimum absolute atomic E-state index is 0.0406. The maximum absolute atomic E-state index is 10.9. The van der Waals surface area contributed by atoms with Gasteiger partial charge < -0.3 is 11.5 Å². The van der Waals surface area contributed by atoms with Crippen LogP contribution in [0.25, 0.3) is 11.3 Å². The first kappa shape index (κ1) is 13.7. The van der Waals surface area contributed by atoms with Crippen LogP contribution in [0.5, 0.6) is 0 Å². The van der Waals surface area contributed by atoms with Gasteiger partial charge in [0.25, 0.3) is 10.1 Å². The third kappa shape index (κ3) is 2.51. The molecule has 0 radical (unpaired) electrons. The van der Waals surface area contributed by atoms with Gasteiger partial charge in [-0.1, -0.05) is 12.1 Å². The zero-order chi connectivity index (χ0) is 14.9. The lowest BCUT2D eigenvalue weighted by Crippen LogP contribution is -2.05. The molecule has 0 aliphatic heterocycles. The molecule has 2 aromatic rings. The van der Waals surface area contributed by atoms with Crippen molar-refractivity contribution in [2.24, 2.45) is 0 Å². The molecule has 0 bridgehead atoms. The van der Waals surface area contributed by atoms with Crippen molar-refractivity contribution in [1.29, 1.82) is 5.26 Å². The Hall–Kier alpha value is -2.70.